The fourth-order valence-electron chi connectivity index (χ4n) is 3.09. The first kappa shape index (κ1) is 23.9. The lowest BCUT2D eigenvalue weighted by Crippen LogP contribution is -2.33. The maximum Gasteiger partial charge on any atom is 0.307 e. The number of aryl methyl sites for hydroxylation is 1. The zero-order valence-corrected chi connectivity index (χ0v) is 18.3. The van der Waals surface area contributed by atoms with Crippen LogP contribution in [0.3, 0.4) is 0 Å². The number of aliphatic carboxylic acids is 1. The predicted octanol–water partition coefficient (Wildman–Crippen LogP) is 0.965. The number of amides is 2. The number of carbonyl (C=O) groups is 3. The molecule has 1 aromatic heterocycles. The molecule has 0 unspecified atom stereocenters. The van der Waals surface area contributed by atoms with Crippen molar-refractivity contribution in [3.8, 4) is 0 Å². The molecule has 0 spiro atoms. The van der Waals surface area contributed by atoms with Gasteiger partial charge in [0.05, 0.1) is 30.5 Å². The lowest BCUT2D eigenvalue weighted by atomic mass is 10.1. The second-order valence-corrected chi connectivity index (χ2v) is 7.39. The third-order valence-electron chi connectivity index (χ3n) is 4.72. The molecule has 9 N–H and O–H groups in total. The molecule has 0 aliphatic carbocycles. The van der Waals surface area contributed by atoms with Crippen molar-refractivity contribution >= 4 is 46.6 Å². The van der Waals surface area contributed by atoms with E-state index in [0.717, 1.165) is 5.56 Å². The van der Waals surface area contributed by atoms with Crippen LogP contribution in [0, 0.1) is 6.92 Å². The molecular weight excluding hydrogens is 440 g/mol. The van der Waals surface area contributed by atoms with E-state index < -0.39 is 17.8 Å². The van der Waals surface area contributed by atoms with Crippen LogP contribution in [0.4, 0.5) is 28.8 Å². The molecular formula is C22H24N8O4. The summed E-state index contributed by atoms with van der Waals surface area (Å²) in [4.78, 5) is 42.7. The molecule has 3 aromatic rings. The van der Waals surface area contributed by atoms with Gasteiger partial charge in [-0.05, 0) is 42.3 Å². The van der Waals surface area contributed by atoms with Gasteiger partial charge in [0.25, 0.3) is 5.91 Å². The van der Waals surface area contributed by atoms with E-state index in [0.29, 0.717) is 22.5 Å². The molecule has 12 heteroatoms. The summed E-state index contributed by atoms with van der Waals surface area (Å²) in [6.07, 6.45) is 1.22. The van der Waals surface area contributed by atoms with Crippen LogP contribution in [0.25, 0.3) is 0 Å². The minimum absolute atomic E-state index is 0.156. The standard InChI is InChI=1S/C22H24N8O4/c1-12-5-6-13(8-19(32)33)7-17(12)30(25)20-16(23)10-27-22(29-20)28-15-4-2-3-14(9-15)21(34)26-11-18(24)31/h2-7,9-10H,8,11,23,25H2,1H3,(H2,24,31)(H,26,34)(H,32,33)(H,27,28,29). The monoisotopic (exact) mass is 464 g/mol. The van der Waals surface area contributed by atoms with Gasteiger partial charge in [-0.3, -0.25) is 19.4 Å². The van der Waals surface area contributed by atoms with Gasteiger partial charge in [-0.2, -0.15) is 4.98 Å². The van der Waals surface area contributed by atoms with Crippen LogP contribution in [0.1, 0.15) is 21.5 Å². The number of carboxylic acid groups (broad SMARTS) is 1. The Hall–Kier alpha value is -4.71. The summed E-state index contributed by atoms with van der Waals surface area (Å²) in [5.74, 6) is 4.58. The molecule has 176 valence electrons. The van der Waals surface area contributed by atoms with E-state index >= 15 is 0 Å². The smallest absolute Gasteiger partial charge is 0.307 e. The molecule has 0 fully saturated rings. The molecule has 0 saturated heterocycles. The van der Waals surface area contributed by atoms with E-state index in [1.165, 1.54) is 11.2 Å². The van der Waals surface area contributed by atoms with Crippen LogP contribution in [-0.4, -0.2) is 39.4 Å². The highest BCUT2D eigenvalue weighted by Gasteiger charge is 2.16. The quantitative estimate of drug-likeness (QED) is 0.195. The second-order valence-electron chi connectivity index (χ2n) is 7.39. The Morgan fingerprint density at radius 2 is 1.91 bits per heavy atom. The highest BCUT2D eigenvalue weighted by atomic mass is 16.4. The topological polar surface area (TPSA) is 203 Å². The summed E-state index contributed by atoms with van der Waals surface area (Å²) in [6, 6.07) is 11.6. The number of benzene rings is 2. The first-order chi connectivity index (χ1) is 16.1. The molecule has 0 radical (unpaired) electrons. The Balaban J connectivity index is 1.85. The van der Waals surface area contributed by atoms with Crippen LogP contribution >= 0.6 is 0 Å². The highest BCUT2D eigenvalue weighted by Crippen LogP contribution is 2.30. The normalized spacial score (nSPS) is 10.4. The molecule has 0 aliphatic rings. The van der Waals surface area contributed by atoms with E-state index in [1.54, 1.807) is 42.5 Å². The van der Waals surface area contributed by atoms with E-state index in [4.69, 9.17) is 22.4 Å². The van der Waals surface area contributed by atoms with Gasteiger partial charge in [0.1, 0.15) is 0 Å². The number of aromatic nitrogens is 2. The number of hydrogen-bond donors (Lipinski definition) is 6. The maximum atomic E-state index is 12.2. The van der Waals surface area contributed by atoms with Crippen molar-refractivity contribution in [3.05, 3.63) is 65.4 Å². The number of nitrogens with one attached hydrogen (secondary N) is 2. The van der Waals surface area contributed by atoms with Gasteiger partial charge >= 0.3 is 5.97 Å². The largest absolute Gasteiger partial charge is 0.481 e. The van der Waals surface area contributed by atoms with Crippen LogP contribution in [0.5, 0.6) is 0 Å². The van der Waals surface area contributed by atoms with Crippen molar-refractivity contribution in [2.45, 2.75) is 13.3 Å². The maximum absolute atomic E-state index is 12.2. The number of carbonyl (C=O) groups excluding carboxylic acids is 2. The number of hydrazine groups is 1. The summed E-state index contributed by atoms with van der Waals surface area (Å²) in [6.45, 7) is 1.55. The number of nitrogens with zero attached hydrogens (tertiary/aromatic N) is 3. The number of nitrogens with two attached hydrogens (primary N) is 3. The first-order valence-electron chi connectivity index (χ1n) is 10.1. The van der Waals surface area contributed by atoms with Gasteiger partial charge in [-0.15, -0.1) is 0 Å². The van der Waals surface area contributed by atoms with E-state index in [-0.39, 0.29) is 30.4 Å². The Bertz CT molecular complexity index is 1250. The van der Waals surface area contributed by atoms with Crippen LogP contribution in [0.2, 0.25) is 0 Å². The van der Waals surface area contributed by atoms with Crippen molar-refractivity contribution in [1.82, 2.24) is 15.3 Å². The van der Waals surface area contributed by atoms with E-state index in [1.807, 2.05) is 6.92 Å². The number of nitrogen functional groups attached to an aromatic ring is 1. The first-order valence-corrected chi connectivity index (χ1v) is 10.1. The fourth-order valence-corrected chi connectivity index (χ4v) is 3.09. The summed E-state index contributed by atoms with van der Waals surface area (Å²) in [5.41, 5.74) is 14.0. The van der Waals surface area contributed by atoms with Crippen LogP contribution < -0.4 is 33.0 Å². The second kappa shape index (κ2) is 10.3. The number of anilines is 5. The number of hydrogen-bond acceptors (Lipinski definition) is 9. The van der Waals surface area contributed by atoms with Gasteiger partial charge in [0.2, 0.25) is 11.9 Å². The van der Waals surface area contributed by atoms with Crippen LogP contribution in [-0.2, 0) is 16.0 Å². The molecule has 0 aliphatic heterocycles. The minimum atomic E-state index is -0.961. The molecule has 1 heterocycles. The molecule has 0 saturated carbocycles. The van der Waals surface area contributed by atoms with Gasteiger partial charge in [-0.25, -0.2) is 10.8 Å². The fraction of sp³-hybridized carbons (Fsp3) is 0.136. The lowest BCUT2D eigenvalue weighted by Gasteiger charge is -2.22. The number of carboxylic acids is 1. The SMILES string of the molecule is Cc1ccc(CC(=O)O)cc1N(N)c1nc(Nc2cccc(C(=O)NCC(N)=O)c2)ncc1N. The van der Waals surface area contributed by atoms with Crippen molar-refractivity contribution < 1.29 is 19.5 Å². The van der Waals surface area contributed by atoms with Gasteiger partial charge in [0, 0.05) is 11.3 Å². The zero-order valence-electron chi connectivity index (χ0n) is 18.3. The van der Waals surface area contributed by atoms with Gasteiger partial charge in [-0.1, -0.05) is 18.2 Å². The van der Waals surface area contributed by atoms with E-state index in [9.17, 15) is 14.4 Å². The Morgan fingerprint density at radius 1 is 1.15 bits per heavy atom. The molecule has 2 amide bonds. The summed E-state index contributed by atoms with van der Waals surface area (Å²) >= 11 is 0. The third kappa shape index (κ3) is 5.95. The average molecular weight is 464 g/mol. The minimum Gasteiger partial charge on any atom is -0.481 e. The molecule has 0 atom stereocenters. The molecule has 2 aromatic carbocycles. The summed E-state index contributed by atoms with van der Waals surface area (Å²) < 4.78 is 0. The molecule has 3 rings (SSSR count). The third-order valence-corrected chi connectivity index (χ3v) is 4.72. The van der Waals surface area contributed by atoms with Gasteiger partial charge < -0.3 is 27.2 Å². The Kier molecular flexibility index (Phi) is 7.23. The van der Waals surface area contributed by atoms with Crippen LogP contribution in [0.15, 0.2) is 48.7 Å². The lowest BCUT2D eigenvalue weighted by molar-refractivity contribution is -0.136. The summed E-state index contributed by atoms with van der Waals surface area (Å²) in [5, 5.41) is 15.7. The van der Waals surface area contributed by atoms with Crippen molar-refractivity contribution in [1.29, 1.82) is 0 Å². The average Bonchev–Trinajstić information content (AvgIpc) is 2.79. The van der Waals surface area contributed by atoms with E-state index in [2.05, 4.69) is 20.6 Å². The number of rotatable bonds is 9. The van der Waals surface area contributed by atoms with Gasteiger partial charge in [0.15, 0.2) is 5.82 Å². The Labute approximate surface area is 194 Å². The van der Waals surface area contributed by atoms with Crippen molar-refractivity contribution in [3.63, 3.8) is 0 Å². The molecule has 34 heavy (non-hydrogen) atoms. The number of primary amides is 1. The Morgan fingerprint density at radius 3 is 2.62 bits per heavy atom. The predicted molar refractivity (Wildman–Crippen MR) is 127 cm³/mol. The zero-order chi connectivity index (χ0) is 24.8. The van der Waals surface area contributed by atoms with Crippen molar-refractivity contribution in [2.24, 2.45) is 11.6 Å². The van der Waals surface area contributed by atoms with Crippen molar-refractivity contribution in [2.75, 3.05) is 22.6 Å². The highest BCUT2D eigenvalue weighted by molar-refractivity contribution is 5.97. The molecule has 0 bridgehead atoms. The summed E-state index contributed by atoms with van der Waals surface area (Å²) in [7, 11) is 0. The molecule has 12 nitrogen and oxygen atoms in total.